The highest BCUT2D eigenvalue weighted by molar-refractivity contribution is 7.80. The predicted octanol–water partition coefficient (Wildman–Crippen LogP) is 1.46. The summed E-state index contributed by atoms with van der Waals surface area (Å²) in [6.07, 6.45) is -0.576. The summed E-state index contributed by atoms with van der Waals surface area (Å²) >= 11 is 0. The number of hydrogen-bond acceptors (Lipinski definition) is 8. The van der Waals surface area contributed by atoms with Crippen molar-refractivity contribution in [3.63, 3.8) is 0 Å². The van der Waals surface area contributed by atoms with Crippen LogP contribution in [0.25, 0.3) is 0 Å². The number of ether oxygens (including phenoxy) is 1. The van der Waals surface area contributed by atoms with E-state index in [0.717, 1.165) is 10.6 Å². The summed E-state index contributed by atoms with van der Waals surface area (Å²) in [5, 5.41) is 8.44. The number of nitrogens with zero attached hydrogens (tertiary/aromatic N) is 1. The number of esters is 1. The van der Waals surface area contributed by atoms with E-state index in [-0.39, 0.29) is 38.8 Å². The molecule has 0 radical (unpaired) electrons. The lowest BCUT2D eigenvalue weighted by molar-refractivity contribution is -0.197. The smallest absolute Gasteiger partial charge is 0.338 e. The van der Waals surface area contributed by atoms with Crippen LogP contribution in [0.4, 0.5) is 0 Å². The molecule has 0 unspecified atom stereocenters. The van der Waals surface area contributed by atoms with E-state index in [1.165, 1.54) is 7.11 Å². The third-order valence-electron chi connectivity index (χ3n) is 6.42. The molecule has 0 bridgehead atoms. The Kier molecular flexibility index (Phi) is 10.7. The molecule has 12 heteroatoms. The molecule has 11 nitrogen and oxygen atoms in total. The minimum absolute atomic E-state index is 0.0173. The monoisotopic (exact) mass is 603 g/mol. The molecule has 1 fully saturated rings. The summed E-state index contributed by atoms with van der Waals surface area (Å²) < 4.78 is 5.05. The highest BCUT2D eigenvalue weighted by Gasteiger charge is 2.32. The van der Waals surface area contributed by atoms with Gasteiger partial charge in [0.15, 0.2) is 0 Å². The number of nitrogens with one attached hydrogen (secondary N) is 2. The van der Waals surface area contributed by atoms with Gasteiger partial charge in [0.05, 0.1) is 19.1 Å². The van der Waals surface area contributed by atoms with Crippen LogP contribution in [0.15, 0.2) is 78.9 Å². The normalized spacial score (nSPS) is 12.7. The van der Waals surface area contributed by atoms with Gasteiger partial charge in [-0.1, -0.05) is 60.7 Å². The highest BCUT2D eigenvalue weighted by Crippen LogP contribution is 2.34. The predicted molar refractivity (Wildman–Crippen MR) is 158 cm³/mol. The van der Waals surface area contributed by atoms with Crippen LogP contribution in [0.3, 0.4) is 0 Å². The third kappa shape index (κ3) is 8.11. The van der Waals surface area contributed by atoms with Gasteiger partial charge in [-0.25, -0.2) is 9.59 Å². The van der Waals surface area contributed by atoms with Crippen molar-refractivity contribution in [2.45, 2.75) is 25.7 Å². The van der Waals surface area contributed by atoms with Gasteiger partial charge in [-0.2, -0.15) is 0 Å². The van der Waals surface area contributed by atoms with E-state index in [0.29, 0.717) is 21.5 Å². The maximum Gasteiger partial charge on any atom is 0.338 e. The number of hydroxylamine groups is 2. The molecule has 1 aliphatic heterocycles. The molecule has 1 heterocycles. The van der Waals surface area contributed by atoms with Crippen LogP contribution in [0.2, 0.25) is 0 Å². The Bertz CT molecular complexity index is 1460. The lowest BCUT2D eigenvalue weighted by Gasteiger charge is -2.22. The molecule has 0 saturated carbocycles. The van der Waals surface area contributed by atoms with Crippen LogP contribution in [0, 0.1) is 0 Å². The van der Waals surface area contributed by atoms with E-state index in [4.69, 9.17) is 9.57 Å². The molecular formula is C31H30N3O8P. The first-order valence-electron chi connectivity index (χ1n) is 13.5. The lowest BCUT2D eigenvalue weighted by Crippen LogP contribution is -2.36. The molecule has 222 valence electrons. The van der Waals surface area contributed by atoms with Gasteiger partial charge in [0.25, 0.3) is 17.7 Å². The third-order valence-corrected chi connectivity index (χ3v) is 8.90. The zero-order valence-electron chi connectivity index (χ0n) is 23.4. The van der Waals surface area contributed by atoms with Gasteiger partial charge < -0.3 is 20.2 Å². The van der Waals surface area contributed by atoms with Gasteiger partial charge in [-0.3, -0.25) is 19.2 Å². The van der Waals surface area contributed by atoms with Crippen LogP contribution >= 0.6 is 7.92 Å². The van der Waals surface area contributed by atoms with Crippen molar-refractivity contribution in [3.8, 4) is 0 Å². The van der Waals surface area contributed by atoms with Crippen molar-refractivity contribution < 1.29 is 38.3 Å². The summed E-state index contributed by atoms with van der Waals surface area (Å²) in [5.41, 5.74) is 0.698. The molecule has 0 spiro atoms. The topological polar surface area (TPSA) is 148 Å². The van der Waals surface area contributed by atoms with E-state index < -0.39 is 43.5 Å². The Morgan fingerprint density at radius 2 is 1.37 bits per heavy atom. The quantitative estimate of drug-likeness (QED) is 0.137. The Morgan fingerprint density at radius 3 is 1.95 bits per heavy atom. The van der Waals surface area contributed by atoms with Crippen LogP contribution in [0.1, 0.15) is 46.4 Å². The molecule has 4 amide bonds. The molecule has 1 aliphatic rings. The van der Waals surface area contributed by atoms with Crippen LogP contribution in [-0.4, -0.2) is 60.8 Å². The second kappa shape index (κ2) is 14.8. The molecule has 0 atom stereocenters. The summed E-state index contributed by atoms with van der Waals surface area (Å²) in [7, 11) is 0.106. The summed E-state index contributed by atoms with van der Waals surface area (Å²) in [6.45, 7) is 0.197. The molecule has 3 aromatic rings. The summed E-state index contributed by atoms with van der Waals surface area (Å²) in [6, 6.07) is 24.3. The molecule has 43 heavy (non-hydrogen) atoms. The maximum atomic E-state index is 13.1. The van der Waals surface area contributed by atoms with Crippen molar-refractivity contribution in [1.29, 1.82) is 0 Å². The number of carbonyl (C=O) groups is 6. The molecule has 4 rings (SSSR count). The number of amides is 4. The SMILES string of the molecule is COC(=O)c1ccc(C(=O)NCCNC(=O)CCC(=O)ON2C(=O)CCC2=O)cc1P(c1ccccc1)c1ccccc1. The van der Waals surface area contributed by atoms with Gasteiger partial charge in [0, 0.05) is 43.2 Å². The number of methoxy groups -OCH3 is 1. The lowest BCUT2D eigenvalue weighted by atomic mass is 10.1. The van der Waals surface area contributed by atoms with Crippen molar-refractivity contribution in [2.24, 2.45) is 0 Å². The number of rotatable bonds is 12. The zero-order valence-corrected chi connectivity index (χ0v) is 24.3. The van der Waals surface area contributed by atoms with Crippen LogP contribution < -0.4 is 26.5 Å². The fourth-order valence-electron chi connectivity index (χ4n) is 4.31. The Labute approximate surface area is 249 Å². The van der Waals surface area contributed by atoms with E-state index in [1.54, 1.807) is 18.2 Å². The highest BCUT2D eigenvalue weighted by atomic mass is 31.1. The van der Waals surface area contributed by atoms with Crippen molar-refractivity contribution >= 4 is 59.4 Å². The minimum atomic E-state index is -1.21. The second-order valence-electron chi connectivity index (χ2n) is 9.38. The fraction of sp³-hybridized carbons (Fsp3) is 0.226. The number of benzene rings is 3. The zero-order chi connectivity index (χ0) is 30.8. The average Bonchev–Trinajstić information content (AvgIpc) is 3.34. The molecule has 2 N–H and O–H groups in total. The van der Waals surface area contributed by atoms with Crippen molar-refractivity contribution in [3.05, 3.63) is 90.0 Å². The number of carbonyl (C=O) groups excluding carboxylic acids is 6. The van der Waals surface area contributed by atoms with Gasteiger partial charge in [0.1, 0.15) is 0 Å². The molecule has 3 aromatic carbocycles. The molecular weight excluding hydrogens is 573 g/mol. The maximum absolute atomic E-state index is 13.1. The van der Waals surface area contributed by atoms with Crippen molar-refractivity contribution in [2.75, 3.05) is 20.2 Å². The van der Waals surface area contributed by atoms with Crippen LogP contribution in [0.5, 0.6) is 0 Å². The van der Waals surface area contributed by atoms with E-state index in [9.17, 15) is 28.8 Å². The fourth-order valence-corrected chi connectivity index (χ4v) is 6.78. The Balaban J connectivity index is 1.38. The average molecular weight is 604 g/mol. The second-order valence-corrected chi connectivity index (χ2v) is 11.6. The van der Waals surface area contributed by atoms with Gasteiger partial charge >= 0.3 is 11.9 Å². The Hall–Kier alpha value is -4.89. The standard InChI is InChI=1S/C31H30N3O8P/c1-41-31(40)24-13-12-21(20-25(24)43(22-8-4-2-5-9-22)23-10-6-3-7-11-23)30(39)33-19-18-32-26(35)14-17-29(38)42-34-27(36)15-16-28(34)37/h2-13,20H,14-19H2,1H3,(H,32,35)(H,33,39). The summed E-state index contributed by atoms with van der Waals surface area (Å²) in [5.74, 6) is -3.43. The van der Waals surface area contributed by atoms with E-state index in [1.807, 2.05) is 60.7 Å². The summed E-state index contributed by atoms with van der Waals surface area (Å²) in [4.78, 5) is 77.6. The Morgan fingerprint density at radius 1 is 0.791 bits per heavy atom. The van der Waals surface area contributed by atoms with Crippen LogP contribution in [-0.2, 0) is 28.8 Å². The minimum Gasteiger partial charge on any atom is -0.465 e. The van der Waals surface area contributed by atoms with E-state index in [2.05, 4.69) is 10.6 Å². The largest absolute Gasteiger partial charge is 0.465 e. The first kappa shape index (κ1) is 31.1. The molecule has 0 aliphatic carbocycles. The van der Waals surface area contributed by atoms with Crippen molar-refractivity contribution in [1.82, 2.24) is 15.7 Å². The van der Waals surface area contributed by atoms with Gasteiger partial charge in [0.2, 0.25) is 5.91 Å². The molecule has 0 aromatic heterocycles. The first-order chi connectivity index (χ1) is 20.8. The first-order valence-corrected chi connectivity index (χ1v) is 14.9. The van der Waals surface area contributed by atoms with Gasteiger partial charge in [-0.15, -0.1) is 5.06 Å². The number of imide groups is 1. The van der Waals surface area contributed by atoms with Gasteiger partial charge in [-0.05, 0) is 36.7 Å². The van der Waals surface area contributed by atoms with E-state index >= 15 is 0 Å². The number of hydrogen-bond donors (Lipinski definition) is 2. The molecule has 1 saturated heterocycles.